The molecular weight excluding hydrogens is 408 g/mol. The van der Waals surface area contributed by atoms with Crippen LogP contribution in [0.15, 0.2) is 89.4 Å². The first-order chi connectivity index (χ1) is 15.0. The Morgan fingerprint density at radius 1 is 0.968 bits per heavy atom. The number of nitrogens with one attached hydrogen (secondary N) is 1. The molecule has 31 heavy (non-hydrogen) atoms. The van der Waals surface area contributed by atoms with Gasteiger partial charge in [-0.3, -0.25) is 19.3 Å². The lowest BCUT2D eigenvalue weighted by molar-refractivity contribution is -0.127. The highest BCUT2D eigenvalue weighted by Crippen LogP contribution is 2.32. The van der Waals surface area contributed by atoms with Gasteiger partial charge in [-0.05, 0) is 47.4 Å². The van der Waals surface area contributed by atoms with Gasteiger partial charge in [-0.2, -0.15) is 0 Å². The van der Waals surface area contributed by atoms with Gasteiger partial charge in [0.15, 0.2) is 0 Å². The lowest BCUT2D eigenvalue weighted by Crippen LogP contribution is -2.36. The Morgan fingerprint density at radius 2 is 1.68 bits per heavy atom. The molecule has 6 heteroatoms. The number of hydrogen-bond donors (Lipinski definition) is 1. The van der Waals surface area contributed by atoms with Crippen molar-refractivity contribution in [3.8, 4) is 0 Å². The van der Waals surface area contributed by atoms with Crippen molar-refractivity contribution in [3.63, 3.8) is 0 Å². The topological polar surface area (TPSA) is 66.5 Å². The van der Waals surface area contributed by atoms with Crippen LogP contribution < -0.4 is 5.32 Å². The fourth-order valence-corrected chi connectivity index (χ4v) is 4.25. The summed E-state index contributed by atoms with van der Waals surface area (Å²) in [5.74, 6) is -0.875. The van der Waals surface area contributed by atoms with Gasteiger partial charge in [0.1, 0.15) is 6.54 Å². The van der Waals surface area contributed by atoms with Crippen LogP contribution in [0.3, 0.4) is 0 Å². The molecule has 3 aromatic carbocycles. The molecule has 3 amide bonds. The number of thioether (sulfide) groups is 1. The highest BCUT2D eigenvalue weighted by atomic mass is 32.2. The summed E-state index contributed by atoms with van der Waals surface area (Å²) in [6.07, 6.45) is 3.61. The SMILES string of the molecule is CC(=C\c1ccccc1)/C=C1/SC(=O)N(CC(=O)Nc2cccc3ccccc23)C1=O. The standard InChI is InChI=1S/C25H20N2O3S/c1-17(14-18-8-3-2-4-9-18)15-22-24(29)27(25(30)31-22)16-23(28)26-21-13-7-11-19-10-5-6-12-20(19)21/h2-15H,16H2,1H3,(H,26,28)/b17-14+,22-15+. The summed E-state index contributed by atoms with van der Waals surface area (Å²) >= 11 is 0.849. The number of rotatable bonds is 5. The molecule has 5 nitrogen and oxygen atoms in total. The zero-order valence-corrected chi connectivity index (χ0v) is 17.7. The largest absolute Gasteiger partial charge is 0.324 e. The number of anilines is 1. The van der Waals surface area contributed by atoms with E-state index in [-0.39, 0.29) is 6.54 Å². The van der Waals surface area contributed by atoms with Crippen molar-refractivity contribution in [3.05, 3.63) is 94.9 Å². The molecule has 0 aliphatic carbocycles. The number of fused-ring (bicyclic) bond motifs is 1. The molecule has 4 rings (SSSR count). The monoisotopic (exact) mass is 428 g/mol. The van der Waals surface area contributed by atoms with E-state index in [4.69, 9.17) is 0 Å². The van der Waals surface area contributed by atoms with Crippen LogP contribution in [0.5, 0.6) is 0 Å². The summed E-state index contributed by atoms with van der Waals surface area (Å²) in [6.45, 7) is 1.54. The number of carbonyl (C=O) groups is 3. The molecule has 0 saturated carbocycles. The molecule has 0 aromatic heterocycles. The third kappa shape index (κ3) is 4.75. The molecule has 0 unspecified atom stereocenters. The van der Waals surface area contributed by atoms with Gasteiger partial charge in [-0.25, -0.2) is 0 Å². The lowest BCUT2D eigenvalue weighted by Gasteiger charge is -2.13. The molecule has 0 spiro atoms. The van der Waals surface area contributed by atoms with Crippen LogP contribution in [0, 0.1) is 0 Å². The molecule has 1 heterocycles. The van der Waals surface area contributed by atoms with Crippen molar-refractivity contribution in [1.29, 1.82) is 0 Å². The van der Waals surface area contributed by atoms with Crippen molar-refractivity contribution in [2.24, 2.45) is 0 Å². The third-order valence-corrected chi connectivity index (χ3v) is 5.70. The predicted octanol–water partition coefficient (Wildman–Crippen LogP) is 5.46. The molecule has 1 aliphatic heterocycles. The summed E-state index contributed by atoms with van der Waals surface area (Å²) in [5, 5.41) is 4.26. The Kier molecular flexibility index (Phi) is 6.00. The Hall–Kier alpha value is -3.64. The van der Waals surface area contributed by atoms with E-state index in [0.29, 0.717) is 10.6 Å². The Balaban J connectivity index is 1.46. The summed E-state index contributed by atoms with van der Waals surface area (Å²) in [5.41, 5.74) is 2.49. The van der Waals surface area contributed by atoms with Crippen LogP contribution >= 0.6 is 11.8 Å². The van der Waals surface area contributed by atoms with E-state index in [1.165, 1.54) is 0 Å². The Morgan fingerprint density at radius 3 is 2.48 bits per heavy atom. The van der Waals surface area contributed by atoms with E-state index in [0.717, 1.165) is 38.6 Å². The van der Waals surface area contributed by atoms with Crippen molar-refractivity contribution < 1.29 is 14.4 Å². The summed E-state index contributed by atoms with van der Waals surface area (Å²) < 4.78 is 0. The molecule has 3 aromatic rings. The van der Waals surface area contributed by atoms with Crippen LogP contribution in [0.1, 0.15) is 12.5 Å². The number of benzene rings is 3. The number of carbonyl (C=O) groups excluding carboxylic acids is 3. The zero-order chi connectivity index (χ0) is 21.8. The summed E-state index contributed by atoms with van der Waals surface area (Å²) in [6, 6.07) is 23.0. The smallest absolute Gasteiger partial charge is 0.294 e. The quantitative estimate of drug-likeness (QED) is 0.548. The molecule has 0 atom stereocenters. The Bertz CT molecular complexity index is 1230. The normalized spacial score (nSPS) is 15.7. The molecule has 1 fully saturated rings. The molecule has 0 bridgehead atoms. The van der Waals surface area contributed by atoms with Crippen molar-refractivity contribution in [2.45, 2.75) is 6.92 Å². The van der Waals surface area contributed by atoms with E-state index in [1.54, 1.807) is 12.1 Å². The highest BCUT2D eigenvalue weighted by Gasteiger charge is 2.36. The van der Waals surface area contributed by atoms with Gasteiger partial charge in [0, 0.05) is 11.1 Å². The van der Waals surface area contributed by atoms with Crippen molar-refractivity contribution in [2.75, 3.05) is 11.9 Å². The molecule has 0 radical (unpaired) electrons. The first kappa shape index (κ1) is 20.6. The molecule has 154 valence electrons. The molecule has 1 aliphatic rings. The van der Waals surface area contributed by atoms with E-state index in [1.807, 2.05) is 79.7 Å². The number of imide groups is 1. The average molecular weight is 429 g/mol. The fraction of sp³-hybridized carbons (Fsp3) is 0.0800. The first-order valence-corrected chi connectivity index (χ1v) is 10.6. The molecule has 1 N–H and O–H groups in total. The van der Waals surface area contributed by atoms with E-state index in [9.17, 15) is 14.4 Å². The van der Waals surface area contributed by atoms with Gasteiger partial charge in [-0.1, -0.05) is 72.8 Å². The molecular formula is C25H20N2O3S. The maximum atomic E-state index is 12.7. The maximum Gasteiger partial charge on any atom is 0.294 e. The molecule has 1 saturated heterocycles. The minimum Gasteiger partial charge on any atom is -0.324 e. The van der Waals surface area contributed by atoms with E-state index in [2.05, 4.69) is 5.32 Å². The van der Waals surface area contributed by atoms with Gasteiger partial charge in [-0.15, -0.1) is 0 Å². The summed E-state index contributed by atoms with van der Waals surface area (Å²) in [7, 11) is 0. The van der Waals surface area contributed by atoms with Gasteiger partial charge >= 0.3 is 0 Å². The van der Waals surface area contributed by atoms with Gasteiger partial charge in [0.05, 0.1) is 4.91 Å². The number of allylic oxidation sites excluding steroid dienone is 2. The first-order valence-electron chi connectivity index (χ1n) is 9.77. The number of amides is 3. The maximum absolute atomic E-state index is 12.7. The predicted molar refractivity (Wildman–Crippen MR) is 125 cm³/mol. The minimum absolute atomic E-state index is 0.313. The number of nitrogens with zero attached hydrogens (tertiary/aromatic N) is 1. The Labute approximate surface area is 184 Å². The highest BCUT2D eigenvalue weighted by molar-refractivity contribution is 8.18. The van der Waals surface area contributed by atoms with Crippen LogP contribution in [-0.4, -0.2) is 28.5 Å². The van der Waals surface area contributed by atoms with Gasteiger partial charge < -0.3 is 5.32 Å². The van der Waals surface area contributed by atoms with Crippen LogP contribution in [0.2, 0.25) is 0 Å². The van der Waals surface area contributed by atoms with Crippen LogP contribution in [-0.2, 0) is 9.59 Å². The second-order valence-electron chi connectivity index (χ2n) is 7.14. The van der Waals surface area contributed by atoms with Crippen LogP contribution in [0.25, 0.3) is 16.8 Å². The van der Waals surface area contributed by atoms with Gasteiger partial charge in [0.2, 0.25) is 5.91 Å². The minimum atomic E-state index is -0.455. The van der Waals surface area contributed by atoms with E-state index < -0.39 is 17.1 Å². The van der Waals surface area contributed by atoms with Crippen molar-refractivity contribution in [1.82, 2.24) is 4.90 Å². The summed E-state index contributed by atoms with van der Waals surface area (Å²) in [4.78, 5) is 38.9. The number of hydrogen-bond acceptors (Lipinski definition) is 4. The average Bonchev–Trinajstić information content (AvgIpc) is 3.02. The van der Waals surface area contributed by atoms with Crippen LogP contribution in [0.4, 0.5) is 10.5 Å². The zero-order valence-electron chi connectivity index (χ0n) is 16.9. The lowest BCUT2D eigenvalue weighted by atomic mass is 10.1. The van der Waals surface area contributed by atoms with Crippen molar-refractivity contribution >= 4 is 51.4 Å². The fourth-order valence-electron chi connectivity index (χ4n) is 3.36. The third-order valence-electron chi connectivity index (χ3n) is 4.79. The van der Waals surface area contributed by atoms with E-state index >= 15 is 0 Å². The second kappa shape index (κ2) is 9.02. The second-order valence-corrected chi connectivity index (χ2v) is 8.13. The van der Waals surface area contributed by atoms with Gasteiger partial charge in [0.25, 0.3) is 11.1 Å².